The number of hydrogen-bond acceptors (Lipinski definition) is 3. The lowest BCUT2D eigenvalue weighted by Gasteiger charge is -2.17. The van der Waals surface area contributed by atoms with Crippen molar-refractivity contribution in [3.63, 3.8) is 0 Å². The van der Waals surface area contributed by atoms with Crippen LogP contribution in [0.1, 0.15) is 11.3 Å². The first-order valence-electron chi connectivity index (χ1n) is 5.98. The van der Waals surface area contributed by atoms with E-state index in [1.54, 1.807) is 6.07 Å². The quantitative estimate of drug-likeness (QED) is 0.818. The number of alkyl halides is 1. The summed E-state index contributed by atoms with van der Waals surface area (Å²) in [5, 5.41) is -0.176. The van der Waals surface area contributed by atoms with E-state index in [2.05, 4.69) is 0 Å². The lowest BCUT2D eigenvalue weighted by molar-refractivity contribution is 0.425. The molecule has 0 bridgehead atoms. The third-order valence-corrected chi connectivity index (χ3v) is 5.16. The van der Waals surface area contributed by atoms with Crippen LogP contribution in [0.15, 0.2) is 39.8 Å². The highest BCUT2D eigenvalue weighted by Crippen LogP contribution is 2.33. The van der Waals surface area contributed by atoms with E-state index in [1.807, 2.05) is 0 Å². The largest absolute Gasteiger partial charge is 0.447 e. The Morgan fingerprint density at radius 1 is 1.30 bits per heavy atom. The van der Waals surface area contributed by atoms with Gasteiger partial charge in [0.2, 0.25) is 5.09 Å². The lowest BCUT2D eigenvalue weighted by Crippen LogP contribution is -2.28. The molecule has 0 radical (unpaired) electrons. The fourth-order valence-electron chi connectivity index (χ4n) is 2.25. The maximum atomic E-state index is 13.3. The first kappa shape index (κ1) is 13.5. The predicted molar refractivity (Wildman–Crippen MR) is 72.9 cm³/mol. The van der Waals surface area contributed by atoms with Gasteiger partial charge in [-0.05, 0) is 36.2 Å². The number of sulfonamides is 1. The highest BCUT2D eigenvalue weighted by molar-refractivity contribution is 7.92. The third-order valence-electron chi connectivity index (χ3n) is 3.21. The Morgan fingerprint density at radius 3 is 2.80 bits per heavy atom. The van der Waals surface area contributed by atoms with Crippen molar-refractivity contribution in [2.45, 2.75) is 17.4 Å². The minimum Gasteiger partial charge on any atom is -0.447 e. The van der Waals surface area contributed by atoms with Gasteiger partial charge in [-0.25, -0.2) is 4.39 Å². The molecule has 1 aliphatic rings. The van der Waals surface area contributed by atoms with E-state index in [0.29, 0.717) is 17.9 Å². The van der Waals surface area contributed by atoms with Crippen molar-refractivity contribution in [2.75, 3.05) is 10.8 Å². The Kier molecular flexibility index (Phi) is 3.22. The number of nitrogens with zero attached hydrogens (tertiary/aromatic N) is 1. The zero-order chi connectivity index (χ0) is 14.3. The summed E-state index contributed by atoms with van der Waals surface area (Å²) in [4.78, 5) is 0. The summed E-state index contributed by atoms with van der Waals surface area (Å²) in [6.07, 6.45) is 0.553. The van der Waals surface area contributed by atoms with E-state index in [-0.39, 0.29) is 17.5 Å². The minimum atomic E-state index is -3.82. The highest BCUT2D eigenvalue weighted by atomic mass is 35.5. The number of hydrogen-bond donors (Lipinski definition) is 0. The van der Waals surface area contributed by atoms with Crippen molar-refractivity contribution >= 4 is 27.3 Å². The summed E-state index contributed by atoms with van der Waals surface area (Å²) in [5.74, 6) is 0.0106. The third kappa shape index (κ3) is 2.09. The second-order valence-corrected chi connectivity index (χ2v) is 6.52. The molecule has 0 aliphatic carbocycles. The van der Waals surface area contributed by atoms with Crippen LogP contribution >= 0.6 is 11.6 Å². The van der Waals surface area contributed by atoms with Crippen LogP contribution in [0.4, 0.5) is 10.1 Å². The van der Waals surface area contributed by atoms with Crippen molar-refractivity contribution in [3.05, 3.63) is 47.5 Å². The molecule has 20 heavy (non-hydrogen) atoms. The maximum Gasteiger partial charge on any atom is 0.297 e. The normalized spacial score (nSPS) is 14.6. The summed E-state index contributed by atoms with van der Waals surface area (Å²) >= 11 is 5.60. The molecule has 0 unspecified atom stereocenters. The number of halogens is 2. The fourth-order valence-corrected chi connectivity index (χ4v) is 3.82. The van der Waals surface area contributed by atoms with Gasteiger partial charge in [-0.3, -0.25) is 4.31 Å². The standard InChI is InChI=1S/C13H11ClFNO3S/c14-8-11-3-4-13(19-11)20(17,18)16-6-5-9-1-2-10(15)7-12(9)16/h1-4,7H,5-6,8H2. The van der Waals surface area contributed by atoms with Crippen LogP contribution in [0.3, 0.4) is 0 Å². The van der Waals surface area contributed by atoms with Gasteiger partial charge in [-0.2, -0.15) is 8.42 Å². The van der Waals surface area contributed by atoms with Crippen LogP contribution in [0.25, 0.3) is 0 Å². The Labute approximate surface area is 120 Å². The molecule has 1 aliphatic heterocycles. The Morgan fingerprint density at radius 2 is 2.10 bits per heavy atom. The van der Waals surface area contributed by atoms with E-state index in [9.17, 15) is 12.8 Å². The van der Waals surface area contributed by atoms with Gasteiger partial charge >= 0.3 is 0 Å². The monoisotopic (exact) mass is 315 g/mol. The van der Waals surface area contributed by atoms with E-state index in [0.717, 1.165) is 5.56 Å². The van der Waals surface area contributed by atoms with Crippen molar-refractivity contribution < 1.29 is 17.2 Å². The Bertz CT molecular complexity index is 757. The Balaban J connectivity index is 2.04. The van der Waals surface area contributed by atoms with Crippen LogP contribution in [0.2, 0.25) is 0 Å². The molecule has 1 aromatic carbocycles. The second-order valence-electron chi connectivity index (χ2n) is 4.45. The van der Waals surface area contributed by atoms with Crippen LogP contribution in [0.5, 0.6) is 0 Å². The molecule has 0 saturated heterocycles. The molecule has 0 fully saturated rings. The first-order valence-corrected chi connectivity index (χ1v) is 7.95. The second kappa shape index (κ2) is 4.79. The molecule has 3 rings (SSSR count). The van der Waals surface area contributed by atoms with E-state index in [4.69, 9.17) is 16.0 Å². The van der Waals surface area contributed by atoms with Crippen LogP contribution in [0, 0.1) is 5.82 Å². The molecule has 0 saturated carbocycles. The van der Waals surface area contributed by atoms with Crippen molar-refractivity contribution in [1.82, 2.24) is 0 Å². The van der Waals surface area contributed by atoms with Crippen molar-refractivity contribution in [3.8, 4) is 0 Å². The molecule has 0 amide bonds. The van der Waals surface area contributed by atoms with Crippen molar-refractivity contribution in [2.24, 2.45) is 0 Å². The molecule has 0 spiro atoms. The van der Waals surface area contributed by atoms with Crippen molar-refractivity contribution in [1.29, 1.82) is 0 Å². The van der Waals surface area contributed by atoms with Gasteiger partial charge in [0.25, 0.3) is 10.0 Å². The van der Waals surface area contributed by atoms with Gasteiger partial charge in [-0.15, -0.1) is 11.6 Å². The fraction of sp³-hybridized carbons (Fsp3) is 0.231. The molecule has 0 N–H and O–H groups in total. The summed E-state index contributed by atoms with van der Waals surface area (Å²) in [7, 11) is -3.82. The van der Waals surface area contributed by atoms with Gasteiger partial charge in [0, 0.05) is 6.54 Å². The number of furan rings is 1. The zero-order valence-corrected chi connectivity index (χ0v) is 11.9. The van der Waals surface area contributed by atoms with Gasteiger partial charge in [-0.1, -0.05) is 6.07 Å². The van der Waals surface area contributed by atoms with Crippen LogP contribution in [-0.4, -0.2) is 15.0 Å². The summed E-state index contributed by atoms with van der Waals surface area (Å²) in [5.41, 5.74) is 1.17. The highest BCUT2D eigenvalue weighted by Gasteiger charge is 2.33. The number of rotatable bonds is 3. The topological polar surface area (TPSA) is 50.5 Å². The zero-order valence-electron chi connectivity index (χ0n) is 10.3. The van der Waals surface area contributed by atoms with Crippen LogP contribution in [-0.2, 0) is 22.3 Å². The van der Waals surface area contributed by atoms with Gasteiger partial charge < -0.3 is 4.42 Å². The van der Waals surface area contributed by atoms with E-state index in [1.165, 1.54) is 28.6 Å². The number of anilines is 1. The molecule has 2 heterocycles. The molecular formula is C13H11ClFNO3S. The molecule has 4 nitrogen and oxygen atoms in total. The first-order chi connectivity index (χ1) is 9.52. The average molecular weight is 316 g/mol. The maximum absolute atomic E-state index is 13.3. The number of benzene rings is 1. The molecule has 2 aromatic rings. The molecule has 106 valence electrons. The summed E-state index contributed by atoms with van der Waals surface area (Å²) in [6.45, 7) is 0.276. The number of fused-ring (bicyclic) bond motifs is 1. The Hall–Kier alpha value is -1.53. The summed E-state index contributed by atoms with van der Waals surface area (Å²) in [6, 6.07) is 7.04. The molecule has 7 heteroatoms. The van der Waals surface area contributed by atoms with E-state index < -0.39 is 15.8 Å². The minimum absolute atomic E-state index is 0.0980. The van der Waals surface area contributed by atoms with E-state index >= 15 is 0 Å². The van der Waals surface area contributed by atoms with Gasteiger partial charge in [0.15, 0.2) is 0 Å². The average Bonchev–Trinajstić information content (AvgIpc) is 3.05. The molecular weight excluding hydrogens is 305 g/mol. The lowest BCUT2D eigenvalue weighted by atomic mass is 10.2. The van der Waals surface area contributed by atoms with Gasteiger partial charge in [0.05, 0.1) is 11.6 Å². The SMILES string of the molecule is O=S(=O)(c1ccc(CCl)o1)N1CCc2ccc(F)cc21. The summed E-state index contributed by atoms with van der Waals surface area (Å²) < 4.78 is 44.7. The smallest absolute Gasteiger partial charge is 0.297 e. The molecule has 0 atom stereocenters. The van der Waals surface area contributed by atoms with Gasteiger partial charge in [0.1, 0.15) is 11.6 Å². The van der Waals surface area contributed by atoms with Crippen LogP contribution < -0.4 is 4.31 Å². The molecule has 1 aromatic heterocycles. The predicted octanol–water partition coefficient (Wildman–Crippen LogP) is 2.91.